The summed E-state index contributed by atoms with van der Waals surface area (Å²) in [5.74, 6) is 0.560. The maximum atomic E-state index is 10.9. The first-order chi connectivity index (χ1) is 9.65. The lowest BCUT2D eigenvalue weighted by atomic mass is 10.1. The molecule has 0 atom stereocenters. The average molecular weight is 308 g/mol. The highest BCUT2D eigenvalue weighted by Crippen LogP contribution is 2.32. The number of halogens is 1. The summed E-state index contributed by atoms with van der Waals surface area (Å²) in [5, 5.41) is 19.9. The Bertz CT molecular complexity index is 771. The van der Waals surface area contributed by atoms with E-state index in [0.29, 0.717) is 22.1 Å². The lowest BCUT2D eigenvalue weighted by Gasteiger charge is -1.98. The Morgan fingerprint density at radius 1 is 1.40 bits per heavy atom. The van der Waals surface area contributed by atoms with Gasteiger partial charge in [0.2, 0.25) is 0 Å². The molecule has 0 radical (unpaired) electrons. The van der Waals surface area contributed by atoms with E-state index >= 15 is 0 Å². The van der Waals surface area contributed by atoms with Crippen LogP contribution in [-0.2, 0) is 0 Å². The Labute approximate surface area is 121 Å². The Morgan fingerprint density at radius 2 is 2.25 bits per heavy atom. The van der Waals surface area contributed by atoms with E-state index in [-0.39, 0.29) is 10.7 Å². The Balaban J connectivity index is 2.02. The number of nitrogens with zero attached hydrogens (tertiary/aromatic N) is 4. The van der Waals surface area contributed by atoms with Crippen molar-refractivity contribution in [3.63, 3.8) is 0 Å². The minimum absolute atomic E-state index is 0.101. The van der Waals surface area contributed by atoms with E-state index in [9.17, 15) is 10.1 Å². The van der Waals surface area contributed by atoms with Gasteiger partial charge < -0.3 is 0 Å². The van der Waals surface area contributed by atoms with E-state index in [2.05, 4.69) is 20.2 Å². The van der Waals surface area contributed by atoms with Crippen LogP contribution in [0.1, 0.15) is 0 Å². The van der Waals surface area contributed by atoms with Crippen molar-refractivity contribution in [2.75, 3.05) is 0 Å². The maximum absolute atomic E-state index is 10.9. The molecule has 0 amide bonds. The van der Waals surface area contributed by atoms with Crippen LogP contribution in [0.5, 0.6) is 0 Å². The van der Waals surface area contributed by atoms with E-state index < -0.39 is 4.92 Å². The molecule has 0 bridgehead atoms. The van der Waals surface area contributed by atoms with Gasteiger partial charge in [-0.3, -0.25) is 15.2 Å². The standard InChI is InChI=1S/C11H6ClN5O2S/c12-7-2-1-6(3-9(7)17(18)19)8-4-20-11(15-8)10-13-5-14-16-10/h1-5H,(H,13,14,16). The Kier molecular flexibility index (Phi) is 3.17. The molecular formula is C11H6ClN5O2S. The molecule has 0 aliphatic heterocycles. The minimum Gasteiger partial charge on any atom is -0.258 e. The van der Waals surface area contributed by atoms with Crippen molar-refractivity contribution >= 4 is 28.6 Å². The Morgan fingerprint density at radius 3 is 2.95 bits per heavy atom. The second-order valence-electron chi connectivity index (χ2n) is 3.80. The molecule has 0 aliphatic rings. The molecule has 7 nitrogen and oxygen atoms in total. The first-order valence-corrected chi connectivity index (χ1v) is 6.66. The van der Waals surface area contributed by atoms with Crippen LogP contribution in [0.25, 0.3) is 22.1 Å². The van der Waals surface area contributed by atoms with Crippen LogP contribution in [0, 0.1) is 10.1 Å². The summed E-state index contributed by atoms with van der Waals surface area (Å²) in [6.45, 7) is 0. The highest BCUT2D eigenvalue weighted by Gasteiger charge is 2.15. The van der Waals surface area contributed by atoms with Crippen molar-refractivity contribution in [3.8, 4) is 22.1 Å². The molecule has 3 rings (SSSR count). The van der Waals surface area contributed by atoms with Crippen molar-refractivity contribution in [1.82, 2.24) is 20.2 Å². The van der Waals surface area contributed by atoms with Crippen molar-refractivity contribution in [2.24, 2.45) is 0 Å². The normalized spacial score (nSPS) is 10.7. The molecule has 100 valence electrons. The maximum Gasteiger partial charge on any atom is 0.288 e. The van der Waals surface area contributed by atoms with Crippen molar-refractivity contribution in [3.05, 3.63) is 45.0 Å². The molecule has 0 saturated heterocycles. The first-order valence-electron chi connectivity index (χ1n) is 5.41. The fourth-order valence-electron chi connectivity index (χ4n) is 1.64. The van der Waals surface area contributed by atoms with Gasteiger partial charge in [0.15, 0.2) is 10.8 Å². The van der Waals surface area contributed by atoms with Crippen LogP contribution in [0.3, 0.4) is 0 Å². The van der Waals surface area contributed by atoms with Crippen LogP contribution in [0.2, 0.25) is 5.02 Å². The summed E-state index contributed by atoms with van der Waals surface area (Å²) >= 11 is 7.16. The zero-order chi connectivity index (χ0) is 14.1. The van der Waals surface area contributed by atoms with E-state index in [4.69, 9.17) is 11.6 Å². The molecule has 0 unspecified atom stereocenters. The number of H-pyrrole nitrogens is 1. The van der Waals surface area contributed by atoms with Gasteiger partial charge >= 0.3 is 0 Å². The van der Waals surface area contributed by atoms with E-state index in [1.165, 1.54) is 29.8 Å². The van der Waals surface area contributed by atoms with Gasteiger partial charge in [-0.15, -0.1) is 11.3 Å². The second kappa shape index (κ2) is 4.99. The smallest absolute Gasteiger partial charge is 0.258 e. The van der Waals surface area contributed by atoms with Gasteiger partial charge in [0.05, 0.1) is 10.6 Å². The summed E-state index contributed by atoms with van der Waals surface area (Å²) in [4.78, 5) is 18.7. The molecule has 2 aromatic heterocycles. The molecule has 1 aromatic carbocycles. The molecule has 9 heteroatoms. The van der Waals surface area contributed by atoms with Crippen LogP contribution < -0.4 is 0 Å². The number of rotatable bonds is 3. The Hall–Kier alpha value is -2.32. The van der Waals surface area contributed by atoms with Crippen LogP contribution in [0.4, 0.5) is 5.69 Å². The zero-order valence-electron chi connectivity index (χ0n) is 9.78. The van der Waals surface area contributed by atoms with Crippen molar-refractivity contribution in [1.29, 1.82) is 0 Å². The van der Waals surface area contributed by atoms with Gasteiger partial charge in [0.25, 0.3) is 5.69 Å². The third-order valence-electron chi connectivity index (χ3n) is 2.56. The van der Waals surface area contributed by atoms with Gasteiger partial charge in [-0.1, -0.05) is 17.7 Å². The summed E-state index contributed by atoms with van der Waals surface area (Å²) < 4.78 is 0. The molecule has 2 heterocycles. The molecule has 3 aromatic rings. The largest absolute Gasteiger partial charge is 0.288 e. The number of nitro benzene ring substituents is 1. The topological polar surface area (TPSA) is 97.6 Å². The summed E-state index contributed by atoms with van der Waals surface area (Å²) in [6.07, 6.45) is 1.39. The predicted octanol–water partition coefficient (Wildman–Crippen LogP) is 3.16. The van der Waals surface area contributed by atoms with Gasteiger partial charge in [0.1, 0.15) is 11.3 Å². The molecule has 0 aliphatic carbocycles. The minimum atomic E-state index is -0.518. The van der Waals surface area contributed by atoms with E-state index in [1.54, 1.807) is 11.4 Å². The molecule has 0 spiro atoms. The van der Waals surface area contributed by atoms with Crippen LogP contribution in [0.15, 0.2) is 29.9 Å². The van der Waals surface area contributed by atoms with Gasteiger partial charge in [0, 0.05) is 17.0 Å². The number of aromatic nitrogens is 4. The number of benzene rings is 1. The zero-order valence-corrected chi connectivity index (χ0v) is 11.4. The highest BCUT2D eigenvalue weighted by molar-refractivity contribution is 7.13. The number of nitro groups is 1. The second-order valence-corrected chi connectivity index (χ2v) is 5.06. The molecule has 20 heavy (non-hydrogen) atoms. The fourth-order valence-corrected chi connectivity index (χ4v) is 2.60. The van der Waals surface area contributed by atoms with E-state index in [1.807, 2.05) is 0 Å². The quantitative estimate of drug-likeness (QED) is 0.592. The summed E-state index contributed by atoms with van der Waals surface area (Å²) in [7, 11) is 0. The van der Waals surface area contributed by atoms with Crippen molar-refractivity contribution in [2.45, 2.75) is 0 Å². The van der Waals surface area contributed by atoms with Gasteiger partial charge in [-0.2, -0.15) is 5.10 Å². The third kappa shape index (κ3) is 2.26. The molecular weight excluding hydrogens is 302 g/mol. The number of aromatic amines is 1. The summed E-state index contributed by atoms with van der Waals surface area (Å²) in [5.41, 5.74) is 1.11. The number of nitrogens with one attached hydrogen (secondary N) is 1. The van der Waals surface area contributed by atoms with Crippen molar-refractivity contribution < 1.29 is 4.92 Å². The number of hydrogen-bond acceptors (Lipinski definition) is 6. The van der Waals surface area contributed by atoms with E-state index in [0.717, 1.165) is 0 Å². The summed E-state index contributed by atoms with van der Waals surface area (Å²) in [6, 6.07) is 4.58. The fraction of sp³-hybridized carbons (Fsp3) is 0. The number of hydrogen-bond donors (Lipinski definition) is 1. The predicted molar refractivity (Wildman–Crippen MR) is 74.6 cm³/mol. The highest BCUT2D eigenvalue weighted by atomic mass is 35.5. The lowest BCUT2D eigenvalue weighted by molar-refractivity contribution is -0.384. The number of thiazole rings is 1. The molecule has 0 fully saturated rings. The van der Waals surface area contributed by atoms with Gasteiger partial charge in [-0.05, 0) is 6.07 Å². The first kappa shape index (κ1) is 12.7. The van der Waals surface area contributed by atoms with Crippen LogP contribution in [-0.4, -0.2) is 25.1 Å². The average Bonchev–Trinajstić information content (AvgIpc) is 3.09. The molecule has 1 N–H and O–H groups in total. The SMILES string of the molecule is O=[N+]([O-])c1cc(-c2csc(-c3ncn[nH]3)n2)ccc1Cl. The van der Waals surface area contributed by atoms with Gasteiger partial charge in [-0.25, -0.2) is 9.97 Å². The monoisotopic (exact) mass is 307 g/mol. The lowest BCUT2D eigenvalue weighted by Crippen LogP contribution is -1.90. The third-order valence-corrected chi connectivity index (χ3v) is 3.73. The van der Waals surface area contributed by atoms with Crippen LogP contribution >= 0.6 is 22.9 Å². The molecule has 0 saturated carbocycles.